The number of rotatable bonds is 12. The molecule has 6 aliphatic heterocycles. The number of aliphatic hydroxyl groups is 5. The van der Waals surface area contributed by atoms with Gasteiger partial charge < -0.3 is 87.5 Å². The summed E-state index contributed by atoms with van der Waals surface area (Å²) in [4.78, 5) is 0. The zero-order valence-electron chi connectivity index (χ0n) is 35.3. The molecule has 6 fully saturated rings. The molecule has 22 atom stereocenters. The number of aromatic hydroxyl groups is 1. The Bertz CT molecular complexity index is 1460. The summed E-state index contributed by atoms with van der Waals surface area (Å²) in [6, 6.07) is 6.27. The Morgan fingerprint density at radius 1 is 0.417 bits per heavy atom. The maximum atomic E-state index is 11.2. The molecule has 0 radical (unpaired) electrons. The lowest BCUT2D eigenvalue weighted by atomic mass is 9.99. The van der Waals surface area contributed by atoms with Gasteiger partial charge in [0.15, 0.2) is 31.5 Å². The Labute approximate surface area is 351 Å². The molecule has 0 unspecified atom stereocenters. The third-order valence-electron chi connectivity index (χ3n) is 12.5. The van der Waals surface area contributed by atoms with Gasteiger partial charge in [0.1, 0.15) is 35.9 Å². The molecule has 1 aromatic carbocycles. The van der Waals surface area contributed by atoms with Gasteiger partial charge in [-0.15, -0.1) is 0 Å². The van der Waals surface area contributed by atoms with E-state index in [1.807, 2.05) is 6.92 Å². The Balaban J connectivity index is 0.858. The Morgan fingerprint density at radius 3 is 1.40 bits per heavy atom. The molecule has 0 bridgehead atoms. The van der Waals surface area contributed by atoms with Gasteiger partial charge in [-0.2, -0.15) is 0 Å². The summed E-state index contributed by atoms with van der Waals surface area (Å²) < 4.78 is 73.3. The standard InChI is InChI=1S/C42H66O18/c1-19-27(44)11-13-33(49-19)57-31-18-38(53-23(5)40(31)47)60-42-24(6)54-35(15-28(42)45)56-29-12-14-34(50-20(29)2)58-30-17-37(52-22(4)39(30)46)59-32-16-36(51-21(3)41(32)48)55-26-9-7-25(43)8-10-26/h7-10,19-24,27-48H,11-18H2,1-6H3/t19-,20-,21+,22+,23+,24+,27-,28+,29-,30+,31+,32+,33-,34-,35-,36-,37-,38-,39+,40+,41+,42+/m0/s1. The summed E-state index contributed by atoms with van der Waals surface area (Å²) >= 11 is 0. The van der Waals surface area contributed by atoms with Gasteiger partial charge in [0.2, 0.25) is 6.29 Å². The van der Waals surface area contributed by atoms with Crippen molar-refractivity contribution in [1.29, 1.82) is 0 Å². The summed E-state index contributed by atoms with van der Waals surface area (Å²) in [5, 5.41) is 63.7. The fourth-order valence-electron chi connectivity index (χ4n) is 8.87. The van der Waals surface area contributed by atoms with Crippen molar-refractivity contribution in [3.05, 3.63) is 24.3 Å². The molecule has 0 aliphatic carbocycles. The van der Waals surface area contributed by atoms with E-state index in [0.29, 0.717) is 31.4 Å². The molecule has 18 nitrogen and oxygen atoms in total. The first-order valence-corrected chi connectivity index (χ1v) is 21.7. The molecule has 1 aromatic rings. The minimum Gasteiger partial charge on any atom is -0.508 e. The van der Waals surface area contributed by atoms with Crippen molar-refractivity contribution in [2.24, 2.45) is 0 Å². The third-order valence-corrected chi connectivity index (χ3v) is 12.5. The molecule has 0 amide bonds. The molecule has 60 heavy (non-hydrogen) atoms. The average molecular weight is 859 g/mol. The van der Waals surface area contributed by atoms with Gasteiger partial charge in [-0.25, -0.2) is 0 Å². The number of hydrogen-bond acceptors (Lipinski definition) is 18. The Hall–Kier alpha value is -1.82. The van der Waals surface area contributed by atoms with Gasteiger partial charge in [0.25, 0.3) is 0 Å². The first kappa shape index (κ1) is 46.2. The number of aliphatic hydroxyl groups excluding tert-OH is 5. The number of ether oxygens (including phenoxy) is 12. The van der Waals surface area contributed by atoms with Crippen LogP contribution in [0, 0.1) is 0 Å². The fraction of sp³-hybridized carbons (Fsp3) is 0.857. The molecule has 7 rings (SSSR count). The molecule has 0 saturated carbocycles. The van der Waals surface area contributed by atoms with Crippen molar-refractivity contribution in [2.45, 2.75) is 228 Å². The van der Waals surface area contributed by atoms with E-state index in [1.54, 1.807) is 46.8 Å². The first-order valence-electron chi connectivity index (χ1n) is 21.7. The second kappa shape index (κ2) is 20.3. The van der Waals surface area contributed by atoms with E-state index in [0.717, 1.165) is 0 Å². The summed E-state index contributed by atoms with van der Waals surface area (Å²) in [5.74, 6) is 0.611. The van der Waals surface area contributed by atoms with Crippen molar-refractivity contribution in [1.82, 2.24) is 0 Å². The number of phenols is 1. The van der Waals surface area contributed by atoms with Gasteiger partial charge in [-0.05, 0) is 78.6 Å². The van der Waals surface area contributed by atoms with Gasteiger partial charge >= 0.3 is 0 Å². The maximum Gasteiger partial charge on any atom is 0.202 e. The SMILES string of the molecule is C[C@@H]1O[C@@H](O[C@@H]2C[C@H](O[C@@H]3C[C@H](Oc4ccc(O)cc4)O[C@H](C)[C@H]3O)O[C@H](C)[C@H]2O)CC[C@@H]1O[C@H]1C[C@@H](O)[C@H](O[C@H]2C[C@@H](O[C@H]3CC[C@H](O)[C@H](C)O3)[C@H](O)[C@@H](C)O2)[C@@H](C)O1. The van der Waals surface area contributed by atoms with Gasteiger partial charge in [-0.1, -0.05) is 0 Å². The zero-order valence-corrected chi connectivity index (χ0v) is 35.3. The summed E-state index contributed by atoms with van der Waals surface area (Å²) in [7, 11) is 0. The molecule has 6 aliphatic rings. The highest BCUT2D eigenvalue weighted by Crippen LogP contribution is 2.36. The van der Waals surface area contributed by atoms with E-state index >= 15 is 0 Å². The van der Waals surface area contributed by atoms with E-state index in [-0.39, 0.29) is 43.6 Å². The lowest BCUT2D eigenvalue weighted by molar-refractivity contribution is -0.340. The van der Waals surface area contributed by atoms with Crippen LogP contribution in [-0.2, 0) is 52.1 Å². The lowest BCUT2D eigenvalue weighted by Crippen LogP contribution is -2.56. The van der Waals surface area contributed by atoms with Crippen LogP contribution in [0.3, 0.4) is 0 Å². The number of phenolic OH excluding ortho intramolecular Hbond substituents is 1. The first-order chi connectivity index (χ1) is 28.6. The Kier molecular flexibility index (Phi) is 15.7. The van der Waals surface area contributed by atoms with Crippen LogP contribution in [0.1, 0.15) is 92.9 Å². The minimum absolute atomic E-state index is 0.112. The quantitative estimate of drug-likeness (QED) is 0.177. The van der Waals surface area contributed by atoms with E-state index < -0.39 is 123 Å². The predicted molar refractivity (Wildman–Crippen MR) is 206 cm³/mol. The van der Waals surface area contributed by atoms with Crippen LogP contribution in [0.25, 0.3) is 0 Å². The number of hydrogen-bond donors (Lipinski definition) is 6. The molecule has 18 heteroatoms. The smallest absolute Gasteiger partial charge is 0.202 e. The normalized spacial score (nSPS) is 48.0. The number of benzene rings is 1. The maximum absolute atomic E-state index is 11.2. The van der Waals surface area contributed by atoms with Gasteiger partial charge in [-0.3, -0.25) is 0 Å². The highest BCUT2D eigenvalue weighted by molar-refractivity contribution is 5.30. The molecule has 6 heterocycles. The van der Waals surface area contributed by atoms with E-state index in [9.17, 15) is 30.6 Å². The second-order valence-electron chi connectivity index (χ2n) is 17.2. The molecular formula is C42H66O18. The molecule has 6 saturated heterocycles. The van der Waals surface area contributed by atoms with Crippen molar-refractivity contribution < 1.29 is 87.5 Å². The molecule has 6 N–H and O–H groups in total. The van der Waals surface area contributed by atoms with Crippen LogP contribution < -0.4 is 4.74 Å². The second-order valence-corrected chi connectivity index (χ2v) is 17.2. The van der Waals surface area contributed by atoms with Crippen molar-refractivity contribution in [3.63, 3.8) is 0 Å². The van der Waals surface area contributed by atoms with Crippen molar-refractivity contribution >= 4 is 0 Å². The van der Waals surface area contributed by atoms with Gasteiger partial charge in [0.05, 0.1) is 73.2 Å². The van der Waals surface area contributed by atoms with E-state index in [4.69, 9.17) is 56.8 Å². The summed E-state index contributed by atoms with van der Waals surface area (Å²) in [6.45, 7) is 10.7. The highest BCUT2D eigenvalue weighted by Gasteiger charge is 2.47. The molecule has 342 valence electrons. The largest absolute Gasteiger partial charge is 0.508 e. The predicted octanol–water partition coefficient (Wildman–Crippen LogP) is 2.09. The van der Waals surface area contributed by atoms with Crippen LogP contribution in [0.5, 0.6) is 11.5 Å². The fourth-order valence-corrected chi connectivity index (χ4v) is 8.87. The minimum atomic E-state index is -0.953. The average Bonchev–Trinajstić information content (AvgIpc) is 3.19. The highest BCUT2D eigenvalue weighted by atomic mass is 16.8. The zero-order chi connectivity index (χ0) is 42.8. The van der Waals surface area contributed by atoms with Crippen LogP contribution in [0.2, 0.25) is 0 Å². The Morgan fingerprint density at radius 2 is 0.850 bits per heavy atom. The van der Waals surface area contributed by atoms with Crippen LogP contribution in [-0.4, -0.2) is 166 Å². The van der Waals surface area contributed by atoms with Crippen LogP contribution in [0.4, 0.5) is 0 Å². The van der Waals surface area contributed by atoms with Crippen LogP contribution in [0.15, 0.2) is 24.3 Å². The summed E-state index contributed by atoms with van der Waals surface area (Å²) in [5.41, 5.74) is 0. The molecular weight excluding hydrogens is 792 g/mol. The van der Waals surface area contributed by atoms with Gasteiger partial charge in [0, 0.05) is 38.5 Å². The van der Waals surface area contributed by atoms with Crippen molar-refractivity contribution in [3.8, 4) is 11.5 Å². The van der Waals surface area contributed by atoms with Crippen LogP contribution >= 0.6 is 0 Å². The van der Waals surface area contributed by atoms with Crippen molar-refractivity contribution in [2.75, 3.05) is 0 Å². The lowest BCUT2D eigenvalue weighted by Gasteiger charge is -2.45. The monoisotopic (exact) mass is 858 g/mol. The molecule has 0 spiro atoms. The third kappa shape index (κ3) is 11.5. The summed E-state index contributed by atoms with van der Waals surface area (Å²) in [6.07, 6.45) is -11.9. The van der Waals surface area contributed by atoms with E-state index in [1.165, 1.54) is 12.1 Å². The van der Waals surface area contributed by atoms with E-state index in [2.05, 4.69) is 0 Å². The molecule has 0 aromatic heterocycles. The topological polar surface area (TPSA) is 232 Å².